The smallest absolute Gasteiger partial charge is 0.334 e. The summed E-state index contributed by atoms with van der Waals surface area (Å²) in [5, 5.41) is 0. The summed E-state index contributed by atoms with van der Waals surface area (Å²) in [7, 11) is 0. The van der Waals surface area contributed by atoms with Crippen LogP contribution in [0.4, 0.5) is 0 Å². The van der Waals surface area contributed by atoms with Gasteiger partial charge in [-0.1, -0.05) is 64.3 Å². The monoisotopic (exact) mass is 244 g/mol. The molecule has 96 valence electrons. The molecule has 0 bridgehead atoms. The van der Waals surface area contributed by atoms with E-state index in [1.807, 2.05) is 45.0 Å². The topological polar surface area (TPSA) is 26.3 Å². The molecule has 0 aliphatic heterocycles. The molecule has 0 fully saturated rings. The van der Waals surface area contributed by atoms with Gasteiger partial charge in [0.25, 0.3) is 0 Å². The van der Waals surface area contributed by atoms with Crippen molar-refractivity contribution in [1.82, 2.24) is 0 Å². The van der Waals surface area contributed by atoms with Crippen LogP contribution in [0.1, 0.15) is 31.9 Å². The zero-order valence-corrected chi connectivity index (χ0v) is 11.3. The van der Waals surface area contributed by atoms with E-state index in [-0.39, 0.29) is 18.0 Å². The molecule has 0 saturated carbocycles. The maximum atomic E-state index is 11.7. The average molecular weight is 244 g/mol. The van der Waals surface area contributed by atoms with Crippen LogP contribution in [0.3, 0.4) is 0 Å². The van der Waals surface area contributed by atoms with Crippen molar-refractivity contribution in [3.05, 3.63) is 54.1 Å². The predicted octanol–water partition coefficient (Wildman–Crippen LogP) is 3.98. The molecule has 2 heteroatoms. The molecule has 1 aromatic rings. The fourth-order valence-corrected chi connectivity index (χ4v) is 1.29. The van der Waals surface area contributed by atoms with Crippen molar-refractivity contribution < 1.29 is 9.53 Å². The van der Waals surface area contributed by atoms with Crippen molar-refractivity contribution in [3.8, 4) is 0 Å². The molecule has 0 amide bonds. The Bertz CT molecular complexity index is 447. The first-order chi connectivity index (χ1) is 8.34. The van der Waals surface area contributed by atoms with E-state index in [0.29, 0.717) is 5.57 Å². The molecule has 2 nitrogen and oxygen atoms in total. The van der Waals surface area contributed by atoms with Gasteiger partial charge < -0.3 is 4.74 Å². The Morgan fingerprint density at radius 3 is 2.28 bits per heavy atom. The predicted molar refractivity (Wildman–Crippen MR) is 74.9 cm³/mol. The summed E-state index contributed by atoms with van der Waals surface area (Å²) in [5.74, 6) is -0.338. The number of carbonyl (C=O) groups excluding carboxylic acids is 1. The van der Waals surface area contributed by atoms with Gasteiger partial charge in [0.2, 0.25) is 0 Å². The summed E-state index contributed by atoms with van der Waals surface area (Å²) in [5.41, 5.74) is 2.23. The fraction of sp³-hybridized carbons (Fsp3) is 0.312. The van der Waals surface area contributed by atoms with E-state index < -0.39 is 0 Å². The third-order valence-electron chi connectivity index (χ3n) is 2.74. The lowest BCUT2D eigenvalue weighted by Gasteiger charge is -2.20. The largest absolute Gasteiger partial charge is 0.457 e. The summed E-state index contributed by atoms with van der Waals surface area (Å²) in [4.78, 5) is 11.7. The van der Waals surface area contributed by atoms with E-state index in [2.05, 4.69) is 13.2 Å². The highest BCUT2D eigenvalue weighted by Crippen LogP contribution is 2.24. The molecule has 0 radical (unpaired) electrons. The lowest BCUT2D eigenvalue weighted by Crippen LogP contribution is -2.19. The number of esters is 1. The first kappa shape index (κ1) is 14.2. The van der Waals surface area contributed by atoms with Gasteiger partial charge >= 0.3 is 5.97 Å². The molecule has 0 aromatic heterocycles. The molecule has 0 saturated heterocycles. The highest BCUT2D eigenvalue weighted by molar-refractivity contribution is 5.88. The quantitative estimate of drug-likeness (QED) is 0.591. The van der Waals surface area contributed by atoms with Gasteiger partial charge in [-0.05, 0) is 16.5 Å². The second-order valence-corrected chi connectivity index (χ2v) is 5.25. The zero-order chi connectivity index (χ0) is 13.8. The molecular weight excluding hydrogens is 224 g/mol. The van der Waals surface area contributed by atoms with Crippen molar-refractivity contribution in [2.24, 2.45) is 5.41 Å². The van der Waals surface area contributed by atoms with Crippen molar-refractivity contribution in [2.45, 2.75) is 27.4 Å². The summed E-state index contributed by atoms with van der Waals surface area (Å²) in [6.45, 7) is 13.6. The number of hydrogen-bond donors (Lipinski definition) is 0. The van der Waals surface area contributed by atoms with Gasteiger partial charge in [0, 0.05) is 5.57 Å². The minimum atomic E-state index is -0.338. The number of rotatable bonds is 4. The summed E-state index contributed by atoms with van der Waals surface area (Å²) in [6.07, 6.45) is 1.78. The molecule has 0 spiro atoms. The van der Waals surface area contributed by atoms with Crippen LogP contribution in [-0.2, 0) is 16.1 Å². The maximum Gasteiger partial charge on any atom is 0.334 e. The molecule has 1 rings (SSSR count). The van der Waals surface area contributed by atoms with E-state index in [4.69, 9.17) is 4.74 Å². The van der Waals surface area contributed by atoms with Crippen LogP contribution in [0.2, 0.25) is 0 Å². The maximum absolute atomic E-state index is 11.7. The summed E-state index contributed by atoms with van der Waals surface area (Å²) >= 11 is 0. The Kier molecular flexibility index (Phi) is 4.49. The molecule has 0 atom stereocenters. The summed E-state index contributed by atoms with van der Waals surface area (Å²) in [6, 6.07) is 7.72. The SMILES string of the molecule is C=Cc1ccc(COC(=O)C(=C)C(C)(C)C)cc1. The minimum absolute atomic E-state index is 0.260. The number of benzene rings is 1. The van der Waals surface area contributed by atoms with Crippen LogP contribution in [-0.4, -0.2) is 5.97 Å². The van der Waals surface area contributed by atoms with Gasteiger partial charge in [0.15, 0.2) is 0 Å². The highest BCUT2D eigenvalue weighted by atomic mass is 16.5. The first-order valence-electron chi connectivity index (χ1n) is 5.92. The van der Waals surface area contributed by atoms with Crippen LogP contribution in [0.5, 0.6) is 0 Å². The number of hydrogen-bond acceptors (Lipinski definition) is 2. The second-order valence-electron chi connectivity index (χ2n) is 5.25. The number of ether oxygens (including phenoxy) is 1. The van der Waals surface area contributed by atoms with Crippen molar-refractivity contribution in [2.75, 3.05) is 0 Å². The van der Waals surface area contributed by atoms with Crippen LogP contribution < -0.4 is 0 Å². The molecule has 0 heterocycles. The molecule has 1 aromatic carbocycles. The van der Waals surface area contributed by atoms with Crippen LogP contribution in [0.25, 0.3) is 6.08 Å². The van der Waals surface area contributed by atoms with E-state index in [1.165, 1.54) is 0 Å². The Balaban J connectivity index is 2.57. The van der Waals surface area contributed by atoms with E-state index in [9.17, 15) is 4.79 Å². The van der Waals surface area contributed by atoms with Gasteiger partial charge in [-0.3, -0.25) is 0 Å². The van der Waals surface area contributed by atoms with Crippen LogP contribution in [0.15, 0.2) is 43.0 Å². The Morgan fingerprint density at radius 1 is 1.28 bits per heavy atom. The minimum Gasteiger partial charge on any atom is -0.457 e. The first-order valence-corrected chi connectivity index (χ1v) is 5.92. The standard InChI is InChI=1S/C16H20O2/c1-6-13-7-9-14(10-8-13)11-18-15(17)12(2)16(3,4)5/h6-10H,1-2,11H2,3-5H3. The third-order valence-corrected chi connectivity index (χ3v) is 2.74. The molecule has 18 heavy (non-hydrogen) atoms. The van der Waals surface area contributed by atoms with Crippen LogP contribution in [0, 0.1) is 5.41 Å². The molecule has 0 unspecified atom stereocenters. The van der Waals surface area contributed by atoms with Crippen molar-refractivity contribution >= 4 is 12.0 Å². The van der Waals surface area contributed by atoms with Crippen LogP contribution >= 0.6 is 0 Å². The van der Waals surface area contributed by atoms with E-state index in [0.717, 1.165) is 11.1 Å². The second kappa shape index (κ2) is 5.67. The van der Waals surface area contributed by atoms with Crippen molar-refractivity contribution in [1.29, 1.82) is 0 Å². The molecule has 0 aliphatic rings. The lowest BCUT2D eigenvalue weighted by molar-refractivity contribution is -0.141. The highest BCUT2D eigenvalue weighted by Gasteiger charge is 2.22. The Hall–Kier alpha value is -1.83. The third kappa shape index (κ3) is 3.88. The lowest BCUT2D eigenvalue weighted by atomic mass is 9.88. The molecule has 0 aliphatic carbocycles. The van der Waals surface area contributed by atoms with Gasteiger partial charge in [0.05, 0.1) is 0 Å². The Morgan fingerprint density at radius 2 is 1.83 bits per heavy atom. The molecule has 0 N–H and O–H groups in total. The van der Waals surface area contributed by atoms with E-state index in [1.54, 1.807) is 6.08 Å². The fourth-order valence-electron chi connectivity index (χ4n) is 1.29. The normalized spacial score (nSPS) is 10.8. The summed E-state index contributed by atoms with van der Waals surface area (Å²) < 4.78 is 5.23. The van der Waals surface area contributed by atoms with Gasteiger partial charge in [-0.15, -0.1) is 0 Å². The van der Waals surface area contributed by atoms with Gasteiger partial charge in [0.1, 0.15) is 6.61 Å². The molecular formula is C16H20O2. The average Bonchev–Trinajstić information content (AvgIpc) is 2.34. The van der Waals surface area contributed by atoms with Crippen molar-refractivity contribution in [3.63, 3.8) is 0 Å². The number of carbonyl (C=O) groups is 1. The van der Waals surface area contributed by atoms with E-state index >= 15 is 0 Å². The van der Waals surface area contributed by atoms with Gasteiger partial charge in [-0.2, -0.15) is 0 Å². The Labute approximate surface area is 109 Å². The zero-order valence-electron chi connectivity index (χ0n) is 11.3. The van der Waals surface area contributed by atoms with Gasteiger partial charge in [-0.25, -0.2) is 4.79 Å².